The molecule has 1 rings (SSSR count). The summed E-state index contributed by atoms with van der Waals surface area (Å²) in [6, 6.07) is 3.69. The van der Waals surface area contributed by atoms with Crippen LogP contribution in [0.4, 0.5) is 5.69 Å². The van der Waals surface area contributed by atoms with Crippen molar-refractivity contribution in [3.05, 3.63) is 28.8 Å². The molecule has 0 spiro atoms. The van der Waals surface area contributed by atoms with Crippen LogP contribution in [0, 0.1) is 6.92 Å². The van der Waals surface area contributed by atoms with Crippen molar-refractivity contribution < 1.29 is 14.7 Å². The summed E-state index contributed by atoms with van der Waals surface area (Å²) in [5.41, 5.74) is 1.35. The third kappa shape index (κ3) is 3.44. The molecular weight excluding hydrogens is 244 g/mol. The lowest BCUT2D eigenvalue weighted by Gasteiger charge is -2.12. The Morgan fingerprint density at radius 2 is 2.06 bits per heavy atom. The van der Waals surface area contributed by atoms with E-state index in [0.29, 0.717) is 10.7 Å². The summed E-state index contributed by atoms with van der Waals surface area (Å²) in [5, 5.41) is 14.2. The minimum Gasteiger partial charge on any atom is -0.480 e. The molecule has 17 heavy (non-hydrogen) atoms. The summed E-state index contributed by atoms with van der Waals surface area (Å²) >= 11 is 5.89. The first kappa shape index (κ1) is 13.5. The van der Waals surface area contributed by atoms with Crippen molar-refractivity contribution in [2.45, 2.75) is 13.0 Å². The van der Waals surface area contributed by atoms with E-state index in [1.165, 1.54) is 7.05 Å². The number of amides is 1. The standard InChI is InChI=1S/C11H13ClN2O3/c1-6-3-4-7(5-8(6)12)14-10(15)9(13-2)11(16)17/h3-5,9,13H,1-2H3,(H,14,15)(H,16,17). The third-order valence-electron chi connectivity index (χ3n) is 2.24. The average Bonchev–Trinajstić information content (AvgIpc) is 2.24. The summed E-state index contributed by atoms with van der Waals surface area (Å²) in [6.07, 6.45) is 0. The fourth-order valence-corrected chi connectivity index (χ4v) is 1.43. The minimum absolute atomic E-state index is 0.465. The van der Waals surface area contributed by atoms with Gasteiger partial charge in [-0.1, -0.05) is 17.7 Å². The molecule has 3 N–H and O–H groups in total. The van der Waals surface area contributed by atoms with Crippen LogP contribution >= 0.6 is 11.6 Å². The number of carboxylic acid groups (broad SMARTS) is 1. The predicted octanol–water partition coefficient (Wildman–Crippen LogP) is 1.26. The third-order valence-corrected chi connectivity index (χ3v) is 2.64. The van der Waals surface area contributed by atoms with Gasteiger partial charge in [0.15, 0.2) is 6.04 Å². The molecule has 0 aromatic heterocycles. The molecule has 1 unspecified atom stereocenters. The van der Waals surface area contributed by atoms with Gasteiger partial charge in [0.1, 0.15) is 0 Å². The zero-order valence-corrected chi connectivity index (χ0v) is 10.2. The quantitative estimate of drug-likeness (QED) is 0.709. The second-order valence-electron chi connectivity index (χ2n) is 3.51. The van der Waals surface area contributed by atoms with Gasteiger partial charge in [-0.3, -0.25) is 10.1 Å². The first-order chi connectivity index (χ1) is 7.95. The van der Waals surface area contributed by atoms with Crippen LogP contribution in [0.15, 0.2) is 18.2 Å². The zero-order valence-electron chi connectivity index (χ0n) is 9.45. The number of benzene rings is 1. The van der Waals surface area contributed by atoms with E-state index < -0.39 is 17.9 Å². The van der Waals surface area contributed by atoms with Crippen LogP contribution in [-0.4, -0.2) is 30.1 Å². The predicted molar refractivity (Wildman–Crippen MR) is 65.3 cm³/mol. The van der Waals surface area contributed by atoms with Crippen LogP contribution in [-0.2, 0) is 9.59 Å². The number of aryl methyl sites for hydroxylation is 1. The molecule has 0 fully saturated rings. The molecule has 0 saturated carbocycles. The Bertz CT molecular complexity index is 448. The first-order valence-corrected chi connectivity index (χ1v) is 5.30. The maximum atomic E-state index is 11.6. The molecule has 1 atom stereocenters. The average molecular weight is 257 g/mol. The Hall–Kier alpha value is -1.59. The Balaban J connectivity index is 2.80. The molecule has 0 aliphatic rings. The van der Waals surface area contributed by atoms with Crippen molar-refractivity contribution in [1.29, 1.82) is 0 Å². The lowest BCUT2D eigenvalue weighted by molar-refractivity contribution is -0.142. The van der Waals surface area contributed by atoms with Gasteiger partial charge in [-0.2, -0.15) is 0 Å². The molecule has 0 radical (unpaired) electrons. The second-order valence-corrected chi connectivity index (χ2v) is 3.92. The molecule has 0 aliphatic carbocycles. The number of likely N-dealkylation sites (N-methyl/N-ethyl adjacent to an activating group) is 1. The normalized spacial score (nSPS) is 11.9. The summed E-state index contributed by atoms with van der Waals surface area (Å²) < 4.78 is 0. The smallest absolute Gasteiger partial charge is 0.330 e. The molecule has 6 heteroatoms. The van der Waals surface area contributed by atoms with E-state index in [9.17, 15) is 9.59 Å². The Kier molecular flexibility index (Phi) is 4.48. The van der Waals surface area contributed by atoms with Crippen LogP contribution in [0.1, 0.15) is 5.56 Å². The van der Waals surface area contributed by atoms with E-state index in [1.807, 2.05) is 6.92 Å². The number of carboxylic acids is 1. The van der Waals surface area contributed by atoms with Gasteiger partial charge in [-0.15, -0.1) is 0 Å². The van der Waals surface area contributed by atoms with Crippen molar-refractivity contribution in [2.75, 3.05) is 12.4 Å². The lowest BCUT2D eigenvalue weighted by atomic mass is 10.2. The largest absolute Gasteiger partial charge is 0.480 e. The van der Waals surface area contributed by atoms with Crippen molar-refractivity contribution in [3.8, 4) is 0 Å². The van der Waals surface area contributed by atoms with Crippen LogP contribution in [0.5, 0.6) is 0 Å². The van der Waals surface area contributed by atoms with Crippen molar-refractivity contribution >= 4 is 29.2 Å². The molecule has 1 aromatic carbocycles. The highest BCUT2D eigenvalue weighted by Crippen LogP contribution is 2.19. The Labute approximate surface area is 104 Å². The van der Waals surface area contributed by atoms with E-state index in [2.05, 4.69) is 10.6 Å². The summed E-state index contributed by atoms with van der Waals surface area (Å²) in [7, 11) is 1.40. The summed E-state index contributed by atoms with van der Waals surface area (Å²) in [5.74, 6) is -1.87. The van der Waals surface area contributed by atoms with Crippen LogP contribution < -0.4 is 10.6 Å². The topological polar surface area (TPSA) is 78.4 Å². The van der Waals surface area contributed by atoms with Gasteiger partial charge in [0.2, 0.25) is 0 Å². The Morgan fingerprint density at radius 1 is 1.41 bits per heavy atom. The molecule has 0 aliphatic heterocycles. The number of carbonyl (C=O) groups excluding carboxylic acids is 1. The first-order valence-electron chi connectivity index (χ1n) is 4.92. The van der Waals surface area contributed by atoms with Gasteiger partial charge in [-0.05, 0) is 31.7 Å². The number of hydrogen-bond acceptors (Lipinski definition) is 3. The highest BCUT2D eigenvalue weighted by Gasteiger charge is 2.24. The fourth-order valence-electron chi connectivity index (χ4n) is 1.25. The van der Waals surface area contributed by atoms with Gasteiger partial charge >= 0.3 is 5.97 Å². The molecule has 5 nitrogen and oxygen atoms in total. The second kappa shape index (κ2) is 5.65. The van der Waals surface area contributed by atoms with Crippen molar-refractivity contribution in [1.82, 2.24) is 5.32 Å². The van der Waals surface area contributed by atoms with Gasteiger partial charge in [0.25, 0.3) is 5.91 Å². The number of rotatable bonds is 4. The van der Waals surface area contributed by atoms with Gasteiger partial charge in [0.05, 0.1) is 0 Å². The number of aliphatic carboxylic acids is 1. The number of halogens is 1. The van der Waals surface area contributed by atoms with Crippen LogP contribution in [0.25, 0.3) is 0 Å². The molecule has 1 amide bonds. The van der Waals surface area contributed by atoms with E-state index in [4.69, 9.17) is 16.7 Å². The van der Waals surface area contributed by atoms with Gasteiger partial charge in [0, 0.05) is 10.7 Å². The van der Waals surface area contributed by atoms with Gasteiger partial charge < -0.3 is 10.4 Å². The number of nitrogens with one attached hydrogen (secondary N) is 2. The summed E-state index contributed by atoms with van der Waals surface area (Å²) in [4.78, 5) is 22.3. The van der Waals surface area contributed by atoms with Crippen molar-refractivity contribution in [2.24, 2.45) is 0 Å². The molecule has 0 bridgehead atoms. The highest BCUT2D eigenvalue weighted by atomic mass is 35.5. The molecule has 0 saturated heterocycles. The molecule has 92 valence electrons. The van der Waals surface area contributed by atoms with E-state index in [1.54, 1.807) is 18.2 Å². The monoisotopic (exact) mass is 256 g/mol. The van der Waals surface area contributed by atoms with E-state index >= 15 is 0 Å². The minimum atomic E-state index is -1.28. The van der Waals surface area contributed by atoms with E-state index in [0.717, 1.165) is 5.56 Å². The number of carbonyl (C=O) groups is 2. The lowest BCUT2D eigenvalue weighted by Crippen LogP contribution is -2.44. The highest BCUT2D eigenvalue weighted by molar-refractivity contribution is 6.31. The number of hydrogen-bond donors (Lipinski definition) is 3. The zero-order chi connectivity index (χ0) is 13.0. The van der Waals surface area contributed by atoms with E-state index in [-0.39, 0.29) is 0 Å². The maximum Gasteiger partial charge on any atom is 0.330 e. The molecule has 1 aromatic rings. The van der Waals surface area contributed by atoms with Gasteiger partial charge in [-0.25, -0.2) is 4.79 Å². The molecule has 0 heterocycles. The molecular formula is C11H13ClN2O3. The van der Waals surface area contributed by atoms with Crippen LogP contribution in [0.3, 0.4) is 0 Å². The van der Waals surface area contributed by atoms with Crippen molar-refractivity contribution in [3.63, 3.8) is 0 Å². The van der Waals surface area contributed by atoms with Crippen LogP contribution in [0.2, 0.25) is 5.02 Å². The number of anilines is 1. The fraction of sp³-hybridized carbons (Fsp3) is 0.273. The Morgan fingerprint density at radius 3 is 2.53 bits per heavy atom. The maximum absolute atomic E-state index is 11.6. The summed E-state index contributed by atoms with van der Waals surface area (Å²) in [6.45, 7) is 1.83. The SMILES string of the molecule is CNC(C(=O)O)C(=O)Nc1ccc(C)c(Cl)c1.